The van der Waals surface area contributed by atoms with Crippen molar-refractivity contribution in [1.29, 1.82) is 0 Å². The highest BCUT2D eigenvalue weighted by Gasteiger charge is 2.40. The molecule has 0 amide bonds. The van der Waals surface area contributed by atoms with E-state index in [0.29, 0.717) is 36.1 Å². The number of fused-ring (bicyclic) bond motifs is 1. The molecule has 39 heavy (non-hydrogen) atoms. The molecule has 1 fully saturated rings. The molecule has 1 aromatic heterocycles. The Balaban J connectivity index is 1.20. The zero-order valence-corrected chi connectivity index (χ0v) is 22.4. The van der Waals surface area contributed by atoms with Crippen molar-refractivity contribution in [3.8, 4) is 5.75 Å². The van der Waals surface area contributed by atoms with Gasteiger partial charge < -0.3 is 4.74 Å². The zero-order valence-electron chi connectivity index (χ0n) is 20.7. The highest BCUT2D eigenvalue weighted by molar-refractivity contribution is 7.91. The fraction of sp³-hybridized carbons (Fsp3) is 0.286. The third-order valence-electron chi connectivity index (χ3n) is 6.62. The summed E-state index contributed by atoms with van der Waals surface area (Å²) in [4.78, 5) is 17.4. The van der Waals surface area contributed by atoms with Gasteiger partial charge in [-0.1, -0.05) is 36.4 Å². The first-order valence-electron chi connectivity index (χ1n) is 12.4. The molecular formula is C28H25F3N2O4S2. The second-order valence-electron chi connectivity index (χ2n) is 9.32. The quantitative estimate of drug-likeness (QED) is 0.236. The second-order valence-corrected chi connectivity index (χ2v) is 12.4. The van der Waals surface area contributed by atoms with Gasteiger partial charge in [0, 0.05) is 13.0 Å². The highest BCUT2D eigenvalue weighted by atomic mass is 32.2. The molecule has 5 rings (SSSR count). The van der Waals surface area contributed by atoms with Crippen LogP contribution in [0.2, 0.25) is 0 Å². The first-order valence-corrected chi connectivity index (χ1v) is 14.6. The van der Waals surface area contributed by atoms with Crippen LogP contribution < -0.4 is 4.74 Å². The van der Waals surface area contributed by atoms with E-state index in [2.05, 4.69) is 4.98 Å². The summed E-state index contributed by atoms with van der Waals surface area (Å²) in [6, 6.07) is 18.4. The molecule has 6 nitrogen and oxygen atoms in total. The van der Waals surface area contributed by atoms with Crippen LogP contribution in [0.1, 0.15) is 36.0 Å². The Morgan fingerprint density at radius 3 is 2.54 bits per heavy atom. The fourth-order valence-corrected chi connectivity index (χ4v) is 7.61. The van der Waals surface area contributed by atoms with Gasteiger partial charge in [0.2, 0.25) is 4.34 Å². The second kappa shape index (κ2) is 11.1. The van der Waals surface area contributed by atoms with E-state index in [-0.39, 0.29) is 29.7 Å². The van der Waals surface area contributed by atoms with Crippen LogP contribution in [0.4, 0.5) is 13.2 Å². The molecule has 204 valence electrons. The summed E-state index contributed by atoms with van der Waals surface area (Å²) < 4.78 is 72.7. The molecule has 11 heteroatoms. The van der Waals surface area contributed by atoms with Crippen molar-refractivity contribution >= 4 is 37.4 Å². The van der Waals surface area contributed by atoms with Crippen molar-refractivity contribution in [3.63, 3.8) is 0 Å². The number of aryl methyl sites for hydroxylation is 1. The van der Waals surface area contributed by atoms with Gasteiger partial charge in [-0.3, -0.25) is 4.79 Å². The predicted octanol–water partition coefficient (Wildman–Crippen LogP) is 6.25. The third-order valence-corrected chi connectivity index (χ3v) is 9.92. The topological polar surface area (TPSA) is 76.6 Å². The number of alkyl halides is 3. The smallest absolute Gasteiger partial charge is 0.416 e. The van der Waals surface area contributed by atoms with Crippen molar-refractivity contribution in [2.45, 2.75) is 48.8 Å². The van der Waals surface area contributed by atoms with Crippen molar-refractivity contribution in [1.82, 2.24) is 9.29 Å². The Bertz CT molecular complexity index is 1550. The Hall–Kier alpha value is -3.28. The average molecular weight is 575 g/mol. The molecule has 3 aromatic carbocycles. The van der Waals surface area contributed by atoms with Crippen LogP contribution in [0.25, 0.3) is 10.2 Å². The van der Waals surface area contributed by atoms with Crippen LogP contribution >= 0.6 is 11.3 Å². The van der Waals surface area contributed by atoms with E-state index in [1.54, 1.807) is 30.3 Å². The SMILES string of the molecule is O=C(CCc1cccc(OCc2ccc(C(F)(F)F)cc2)c1)[C@@H]1CCCN1S(=O)(=O)c1nc2ccccc2s1. The van der Waals surface area contributed by atoms with Crippen LogP contribution in [0.15, 0.2) is 77.1 Å². The first kappa shape index (κ1) is 27.3. The van der Waals surface area contributed by atoms with Gasteiger partial charge in [0.05, 0.1) is 21.8 Å². The first-order chi connectivity index (χ1) is 18.6. The van der Waals surface area contributed by atoms with E-state index in [9.17, 15) is 26.4 Å². The van der Waals surface area contributed by atoms with E-state index in [0.717, 1.165) is 33.7 Å². The number of thiazole rings is 1. The van der Waals surface area contributed by atoms with Crippen LogP contribution in [-0.4, -0.2) is 36.1 Å². The number of Topliss-reactive ketones (excluding diaryl/α,β-unsaturated/α-hetero) is 1. The van der Waals surface area contributed by atoms with Gasteiger partial charge in [0.25, 0.3) is 10.0 Å². The fourth-order valence-electron chi connectivity index (χ4n) is 4.59. The monoisotopic (exact) mass is 574 g/mol. The minimum absolute atomic E-state index is 0.00120. The summed E-state index contributed by atoms with van der Waals surface area (Å²) in [7, 11) is -3.89. The molecule has 1 aliphatic heterocycles. The zero-order chi connectivity index (χ0) is 27.6. The summed E-state index contributed by atoms with van der Waals surface area (Å²) in [6.45, 7) is 0.378. The van der Waals surface area contributed by atoms with Crippen molar-refractivity contribution in [2.75, 3.05) is 6.54 Å². The Kier molecular flexibility index (Phi) is 7.75. The summed E-state index contributed by atoms with van der Waals surface area (Å²) >= 11 is 1.11. The molecule has 0 radical (unpaired) electrons. The van der Waals surface area contributed by atoms with Crippen molar-refractivity contribution in [2.24, 2.45) is 0 Å². The Morgan fingerprint density at radius 2 is 1.79 bits per heavy atom. The number of carbonyl (C=O) groups excluding carboxylic acids is 1. The lowest BCUT2D eigenvalue weighted by molar-refractivity contribution is -0.137. The maximum Gasteiger partial charge on any atom is 0.416 e. The third kappa shape index (κ3) is 6.15. The van der Waals surface area contributed by atoms with Gasteiger partial charge in [0.1, 0.15) is 12.4 Å². The number of rotatable bonds is 9. The number of aromatic nitrogens is 1. The van der Waals surface area contributed by atoms with Gasteiger partial charge in [-0.15, -0.1) is 11.3 Å². The molecule has 0 N–H and O–H groups in total. The number of sulfonamides is 1. The number of ketones is 1. The molecule has 4 aromatic rings. The molecule has 1 atom stereocenters. The minimum atomic E-state index is -4.39. The maximum atomic E-state index is 13.3. The standard InChI is InChI=1S/C28H25F3N2O4S2/c29-28(30,31)21-13-10-20(11-14-21)18-37-22-6-3-5-19(17-22)12-15-25(34)24-8-4-16-33(24)39(35,36)27-32-23-7-1-2-9-26(23)38-27/h1-3,5-7,9-11,13-14,17,24H,4,8,12,15-16,18H2/t24-/m0/s1. The molecule has 1 aliphatic rings. The molecule has 0 saturated carbocycles. The lowest BCUT2D eigenvalue weighted by Gasteiger charge is -2.21. The Morgan fingerprint density at radius 1 is 1.03 bits per heavy atom. The molecule has 0 aliphatic carbocycles. The number of hydrogen-bond acceptors (Lipinski definition) is 6. The Labute approximate surface area is 228 Å². The van der Waals surface area contributed by atoms with Crippen LogP contribution in [-0.2, 0) is 34.0 Å². The van der Waals surface area contributed by atoms with Crippen LogP contribution in [0.3, 0.4) is 0 Å². The van der Waals surface area contributed by atoms with E-state index < -0.39 is 27.8 Å². The summed E-state index contributed by atoms with van der Waals surface area (Å²) in [5, 5.41) is 0. The number of hydrogen-bond donors (Lipinski definition) is 0. The van der Waals surface area contributed by atoms with Gasteiger partial charge in [0.15, 0.2) is 5.78 Å². The lowest BCUT2D eigenvalue weighted by Crippen LogP contribution is -2.40. The molecule has 1 saturated heterocycles. The lowest BCUT2D eigenvalue weighted by atomic mass is 10.0. The normalized spacial score (nSPS) is 16.5. The maximum absolute atomic E-state index is 13.3. The van der Waals surface area contributed by atoms with E-state index in [4.69, 9.17) is 4.74 Å². The van der Waals surface area contributed by atoms with Crippen LogP contribution in [0.5, 0.6) is 5.75 Å². The number of nitrogens with zero attached hydrogens (tertiary/aromatic N) is 2. The van der Waals surface area contributed by atoms with Gasteiger partial charge >= 0.3 is 6.18 Å². The average Bonchev–Trinajstić information content (AvgIpc) is 3.59. The molecule has 0 spiro atoms. The highest BCUT2D eigenvalue weighted by Crippen LogP contribution is 2.32. The molecule has 0 bridgehead atoms. The summed E-state index contributed by atoms with van der Waals surface area (Å²) in [5.74, 6) is 0.383. The predicted molar refractivity (Wildman–Crippen MR) is 142 cm³/mol. The van der Waals surface area contributed by atoms with E-state index in [1.165, 1.54) is 16.4 Å². The minimum Gasteiger partial charge on any atom is -0.489 e. The largest absolute Gasteiger partial charge is 0.489 e. The van der Waals surface area contributed by atoms with Gasteiger partial charge in [-0.25, -0.2) is 13.4 Å². The van der Waals surface area contributed by atoms with Crippen molar-refractivity contribution in [3.05, 3.63) is 89.5 Å². The summed E-state index contributed by atoms with van der Waals surface area (Å²) in [6.07, 6.45) is -2.74. The number of ether oxygens (including phenoxy) is 1. The molecular weight excluding hydrogens is 549 g/mol. The van der Waals surface area contributed by atoms with Gasteiger partial charge in [-0.2, -0.15) is 17.5 Å². The number of carbonyl (C=O) groups is 1. The number of para-hydroxylation sites is 1. The van der Waals surface area contributed by atoms with E-state index in [1.807, 2.05) is 18.2 Å². The van der Waals surface area contributed by atoms with Gasteiger partial charge in [-0.05, 0) is 66.8 Å². The molecule has 2 heterocycles. The number of benzene rings is 3. The van der Waals surface area contributed by atoms with E-state index >= 15 is 0 Å². The van der Waals surface area contributed by atoms with Crippen molar-refractivity contribution < 1.29 is 31.1 Å². The summed E-state index contributed by atoms with van der Waals surface area (Å²) in [5.41, 5.74) is 1.33. The number of halogens is 3. The molecule has 0 unspecified atom stereocenters. The van der Waals surface area contributed by atoms with Crippen LogP contribution in [0, 0.1) is 0 Å².